The monoisotopic (exact) mass is 275 g/mol. The summed E-state index contributed by atoms with van der Waals surface area (Å²) < 4.78 is 14.2. The third-order valence-corrected chi connectivity index (χ3v) is 2.78. The van der Waals surface area contributed by atoms with Crippen molar-refractivity contribution in [3.05, 3.63) is 58.3 Å². The summed E-state index contributed by atoms with van der Waals surface area (Å²) in [5.41, 5.74) is 6.76. The molecule has 5 nitrogen and oxygen atoms in total. The van der Waals surface area contributed by atoms with Gasteiger partial charge in [-0.1, -0.05) is 0 Å². The van der Waals surface area contributed by atoms with Crippen molar-refractivity contribution >= 4 is 17.3 Å². The van der Waals surface area contributed by atoms with Gasteiger partial charge in [0.05, 0.1) is 0 Å². The molecule has 0 unspecified atom stereocenters. The minimum atomic E-state index is -0.382. The van der Waals surface area contributed by atoms with Crippen LogP contribution in [0.3, 0.4) is 0 Å². The molecule has 1 amide bonds. The van der Waals surface area contributed by atoms with Gasteiger partial charge in [0.25, 0.3) is 5.56 Å². The number of benzene rings is 1. The third kappa shape index (κ3) is 3.23. The van der Waals surface area contributed by atoms with E-state index in [-0.39, 0.29) is 23.8 Å². The Kier molecular flexibility index (Phi) is 3.84. The van der Waals surface area contributed by atoms with E-state index in [0.717, 1.165) is 0 Å². The highest BCUT2D eigenvalue weighted by Crippen LogP contribution is 2.15. The maximum absolute atomic E-state index is 13.0. The Morgan fingerprint density at radius 2 is 2.10 bits per heavy atom. The SMILES string of the molecule is Cc1cc(F)ccc1NC(=O)Cn1cc(N)ccc1=O. The zero-order chi connectivity index (χ0) is 14.7. The van der Waals surface area contributed by atoms with E-state index in [0.29, 0.717) is 16.9 Å². The zero-order valence-corrected chi connectivity index (χ0v) is 10.9. The van der Waals surface area contributed by atoms with Crippen LogP contribution < -0.4 is 16.6 Å². The fourth-order valence-electron chi connectivity index (χ4n) is 1.79. The van der Waals surface area contributed by atoms with Gasteiger partial charge in [0, 0.05) is 23.6 Å². The van der Waals surface area contributed by atoms with E-state index in [4.69, 9.17) is 5.73 Å². The lowest BCUT2D eigenvalue weighted by atomic mass is 10.2. The summed E-state index contributed by atoms with van der Waals surface area (Å²) in [5, 5.41) is 2.63. The normalized spacial score (nSPS) is 10.3. The molecule has 0 radical (unpaired) electrons. The number of aromatic nitrogens is 1. The molecule has 0 bridgehead atoms. The second-order valence-electron chi connectivity index (χ2n) is 4.44. The second kappa shape index (κ2) is 5.56. The van der Waals surface area contributed by atoms with E-state index >= 15 is 0 Å². The number of hydrogen-bond donors (Lipinski definition) is 2. The number of carbonyl (C=O) groups is 1. The maximum atomic E-state index is 13.0. The number of amides is 1. The van der Waals surface area contributed by atoms with Crippen molar-refractivity contribution in [3.8, 4) is 0 Å². The van der Waals surface area contributed by atoms with Gasteiger partial charge in [-0.05, 0) is 36.8 Å². The van der Waals surface area contributed by atoms with Crippen LogP contribution in [-0.4, -0.2) is 10.5 Å². The summed E-state index contributed by atoms with van der Waals surface area (Å²) in [5.74, 6) is -0.750. The van der Waals surface area contributed by atoms with Gasteiger partial charge >= 0.3 is 0 Å². The van der Waals surface area contributed by atoms with Crippen molar-refractivity contribution in [2.45, 2.75) is 13.5 Å². The van der Waals surface area contributed by atoms with Gasteiger partial charge in [-0.2, -0.15) is 0 Å². The minimum absolute atomic E-state index is 0.152. The summed E-state index contributed by atoms with van der Waals surface area (Å²) in [6.45, 7) is 1.53. The van der Waals surface area contributed by atoms with Gasteiger partial charge in [-0.25, -0.2) is 4.39 Å². The molecule has 0 aliphatic rings. The lowest BCUT2D eigenvalue weighted by molar-refractivity contribution is -0.116. The molecule has 0 atom stereocenters. The number of nitrogens with one attached hydrogen (secondary N) is 1. The van der Waals surface area contributed by atoms with E-state index in [1.165, 1.54) is 41.1 Å². The van der Waals surface area contributed by atoms with Crippen LogP contribution >= 0.6 is 0 Å². The number of rotatable bonds is 3. The fourth-order valence-corrected chi connectivity index (χ4v) is 1.79. The summed E-state index contributed by atoms with van der Waals surface area (Å²) in [6, 6.07) is 6.83. The van der Waals surface area contributed by atoms with Gasteiger partial charge < -0.3 is 15.6 Å². The van der Waals surface area contributed by atoms with Crippen molar-refractivity contribution in [1.82, 2.24) is 4.57 Å². The Bertz CT molecular complexity index is 710. The molecule has 1 heterocycles. The van der Waals surface area contributed by atoms with Crippen LogP contribution in [0.15, 0.2) is 41.3 Å². The average molecular weight is 275 g/mol. The van der Waals surface area contributed by atoms with E-state index in [9.17, 15) is 14.0 Å². The molecular weight excluding hydrogens is 261 g/mol. The standard InChI is InChI=1S/C14H14FN3O2/c1-9-6-10(15)2-4-12(9)17-13(19)8-18-7-11(16)3-5-14(18)20/h2-7H,8,16H2,1H3,(H,17,19). The van der Waals surface area contributed by atoms with E-state index in [1.807, 2.05) is 0 Å². The molecule has 3 N–H and O–H groups in total. The van der Waals surface area contributed by atoms with Crippen molar-refractivity contribution in [2.24, 2.45) is 0 Å². The first kappa shape index (κ1) is 13.8. The maximum Gasteiger partial charge on any atom is 0.251 e. The quantitative estimate of drug-likeness (QED) is 0.891. The van der Waals surface area contributed by atoms with Crippen LogP contribution in [0, 0.1) is 12.7 Å². The summed E-state index contributed by atoms with van der Waals surface area (Å²) in [4.78, 5) is 23.4. The van der Waals surface area contributed by atoms with Crippen LogP contribution in [0.5, 0.6) is 0 Å². The molecule has 0 fully saturated rings. The first-order chi connectivity index (χ1) is 9.45. The molecule has 0 saturated carbocycles. The molecule has 20 heavy (non-hydrogen) atoms. The predicted octanol–water partition coefficient (Wildman–Crippen LogP) is 1.52. The van der Waals surface area contributed by atoms with Crippen LogP contribution in [0.1, 0.15) is 5.56 Å². The van der Waals surface area contributed by atoms with E-state index < -0.39 is 0 Å². The van der Waals surface area contributed by atoms with Gasteiger partial charge in [0.2, 0.25) is 5.91 Å². The van der Waals surface area contributed by atoms with Crippen LogP contribution in [0.2, 0.25) is 0 Å². The number of halogens is 1. The largest absolute Gasteiger partial charge is 0.398 e. The molecule has 1 aromatic heterocycles. The highest BCUT2D eigenvalue weighted by molar-refractivity contribution is 5.91. The molecule has 0 saturated heterocycles. The highest BCUT2D eigenvalue weighted by Gasteiger charge is 2.07. The molecule has 6 heteroatoms. The third-order valence-electron chi connectivity index (χ3n) is 2.78. The molecule has 0 aliphatic heterocycles. The minimum Gasteiger partial charge on any atom is -0.398 e. The van der Waals surface area contributed by atoms with Crippen LogP contribution in [-0.2, 0) is 11.3 Å². The van der Waals surface area contributed by atoms with Gasteiger partial charge in [-0.3, -0.25) is 9.59 Å². The molecule has 0 spiro atoms. The Morgan fingerprint density at radius 1 is 1.35 bits per heavy atom. The summed E-state index contributed by atoms with van der Waals surface area (Å²) in [6.07, 6.45) is 1.40. The lowest BCUT2D eigenvalue weighted by Gasteiger charge is -2.10. The Labute approximate surface area is 114 Å². The lowest BCUT2D eigenvalue weighted by Crippen LogP contribution is -2.27. The average Bonchev–Trinajstić information content (AvgIpc) is 2.37. The number of carbonyl (C=O) groups excluding carboxylic acids is 1. The van der Waals surface area contributed by atoms with Crippen molar-refractivity contribution in [3.63, 3.8) is 0 Å². The Hall–Kier alpha value is -2.63. The van der Waals surface area contributed by atoms with E-state index in [1.54, 1.807) is 6.92 Å². The number of anilines is 2. The molecule has 2 rings (SSSR count). The second-order valence-corrected chi connectivity index (χ2v) is 4.44. The zero-order valence-electron chi connectivity index (χ0n) is 10.9. The van der Waals surface area contributed by atoms with Gasteiger partial charge in [-0.15, -0.1) is 0 Å². The topological polar surface area (TPSA) is 77.1 Å². The fraction of sp³-hybridized carbons (Fsp3) is 0.143. The summed E-state index contributed by atoms with van der Waals surface area (Å²) >= 11 is 0. The summed E-state index contributed by atoms with van der Waals surface area (Å²) in [7, 11) is 0. The molecule has 1 aromatic carbocycles. The smallest absolute Gasteiger partial charge is 0.251 e. The number of nitrogens with zero attached hydrogens (tertiary/aromatic N) is 1. The van der Waals surface area contributed by atoms with Crippen molar-refractivity contribution in [1.29, 1.82) is 0 Å². The van der Waals surface area contributed by atoms with Crippen LogP contribution in [0.4, 0.5) is 15.8 Å². The van der Waals surface area contributed by atoms with Crippen LogP contribution in [0.25, 0.3) is 0 Å². The number of nitrogen functional groups attached to an aromatic ring is 1. The molecule has 104 valence electrons. The highest BCUT2D eigenvalue weighted by atomic mass is 19.1. The van der Waals surface area contributed by atoms with Crippen molar-refractivity contribution < 1.29 is 9.18 Å². The Balaban J connectivity index is 2.13. The number of aryl methyl sites for hydroxylation is 1. The number of pyridine rings is 1. The molecule has 2 aromatic rings. The van der Waals surface area contributed by atoms with Crippen molar-refractivity contribution in [2.75, 3.05) is 11.1 Å². The van der Waals surface area contributed by atoms with Gasteiger partial charge in [0.15, 0.2) is 0 Å². The number of nitrogens with two attached hydrogens (primary N) is 1. The predicted molar refractivity (Wildman–Crippen MR) is 74.9 cm³/mol. The molecular formula is C14H14FN3O2. The van der Waals surface area contributed by atoms with E-state index in [2.05, 4.69) is 5.32 Å². The van der Waals surface area contributed by atoms with Gasteiger partial charge in [0.1, 0.15) is 12.4 Å². The number of hydrogen-bond acceptors (Lipinski definition) is 3. The first-order valence-electron chi connectivity index (χ1n) is 5.97. The first-order valence-corrected chi connectivity index (χ1v) is 5.97. The molecule has 0 aliphatic carbocycles. The Morgan fingerprint density at radius 3 is 2.80 bits per heavy atom.